The number of esters is 1. The number of nitrogens with two attached hydrogens (primary N) is 1. The van der Waals surface area contributed by atoms with Crippen molar-refractivity contribution in [2.45, 2.75) is 6.10 Å². The molecule has 1 unspecified atom stereocenters. The topological polar surface area (TPSA) is 69.4 Å². The van der Waals surface area contributed by atoms with Crippen LogP contribution in [0.25, 0.3) is 11.1 Å². The van der Waals surface area contributed by atoms with Gasteiger partial charge >= 0.3 is 5.97 Å². The van der Waals surface area contributed by atoms with Crippen molar-refractivity contribution >= 4 is 23.2 Å². The molecule has 25 heavy (non-hydrogen) atoms. The zero-order chi connectivity index (χ0) is 17.8. The largest absolute Gasteiger partial charge is 0.443 e. The first-order valence-corrected chi connectivity index (χ1v) is 8.33. The average molecular weight is 355 g/mol. The van der Waals surface area contributed by atoms with Crippen molar-refractivity contribution in [3.05, 3.63) is 82.3 Å². The summed E-state index contributed by atoms with van der Waals surface area (Å²) in [6.07, 6.45) is -1.17. The Bertz CT molecular complexity index is 891. The van der Waals surface area contributed by atoms with Crippen molar-refractivity contribution in [2.24, 2.45) is 5.73 Å². The van der Waals surface area contributed by atoms with Crippen LogP contribution >= 0.6 is 11.3 Å². The third-order valence-corrected chi connectivity index (χ3v) is 4.49. The summed E-state index contributed by atoms with van der Waals surface area (Å²) in [5, 5.41) is 1.73. The zero-order valence-electron chi connectivity index (χ0n) is 13.0. The van der Waals surface area contributed by atoms with Crippen LogP contribution in [0.15, 0.2) is 66.0 Å². The normalized spacial score (nSPS) is 11.7. The van der Waals surface area contributed by atoms with E-state index in [0.717, 1.165) is 0 Å². The summed E-state index contributed by atoms with van der Waals surface area (Å²) >= 11 is 1.19. The van der Waals surface area contributed by atoms with E-state index in [2.05, 4.69) is 0 Å². The Labute approximate surface area is 147 Å². The van der Waals surface area contributed by atoms with Crippen LogP contribution in [0.1, 0.15) is 21.3 Å². The summed E-state index contributed by atoms with van der Waals surface area (Å²) in [6.45, 7) is 0. The van der Waals surface area contributed by atoms with Crippen molar-refractivity contribution in [1.82, 2.24) is 0 Å². The standard InChI is InChI=1S/C19H14FNO3S/c20-14-8-6-12(7-9-14)15-10-11-25-17(15)19(23)24-16(18(21)22)13-4-2-1-3-5-13/h1-11,16H,(H2,21,22). The van der Waals surface area contributed by atoms with Crippen LogP contribution in [0.5, 0.6) is 0 Å². The third-order valence-electron chi connectivity index (χ3n) is 3.59. The van der Waals surface area contributed by atoms with Crippen molar-refractivity contribution < 1.29 is 18.7 Å². The molecule has 1 atom stereocenters. The van der Waals surface area contributed by atoms with Crippen molar-refractivity contribution in [2.75, 3.05) is 0 Å². The Hall–Kier alpha value is -2.99. The summed E-state index contributed by atoms with van der Waals surface area (Å²) in [5.41, 5.74) is 7.19. The van der Waals surface area contributed by atoms with Gasteiger partial charge in [0.2, 0.25) is 6.10 Å². The first-order valence-electron chi connectivity index (χ1n) is 7.45. The minimum atomic E-state index is -1.17. The molecule has 0 radical (unpaired) electrons. The maximum Gasteiger partial charge on any atom is 0.350 e. The first-order chi connectivity index (χ1) is 12.1. The Morgan fingerprint density at radius 2 is 1.68 bits per heavy atom. The maximum absolute atomic E-state index is 13.1. The minimum Gasteiger partial charge on any atom is -0.443 e. The predicted molar refractivity (Wildman–Crippen MR) is 93.5 cm³/mol. The lowest BCUT2D eigenvalue weighted by Gasteiger charge is -2.15. The van der Waals surface area contributed by atoms with Gasteiger partial charge in [-0.25, -0.2) is 9.18 Å². The van der Waals surface area contributed by atoms with E-state index in [0.29, 0.717) is 21.6 Å². The highest BCUT2D eigenvalue weighted by Crippen LogP contribution is 2.30. The zero-order valence-corrected chi connectivity index (χ0v) is 13.8. The quantitative estimate of drug-likeness (QED) is 0.705. The Balaban J connectivity index is 1.88. The van der Waals surface area contributed by atoms with E-state index < -0.39 is 18.0 Å². The van der Waals surface area contributed by atoms with Crippen LogP contribution in [-0.2, 0) is 9.53 Å². The summed E-state index contributed by atoms with van der Waals surface area (Å²) in [6, 6.07) is 16.1. The summed E-state index contributed by atoms with van der Waals surface area (Å²) in [5.74, 6) is -1.76. The average Bonchev–Trinajstić information content (AvgIpc) is 3.10. The second kappa shape index (κ2) is 7.27. The van der Waals surface area contributed by atoms with Gasteiger partial charge in [-0.3, -0.25) is 4.79 Å². The van der Waals surface area contributed by atoms with Gasteiger partial charge < -0.3 is 10.5 Å². The number of amides is 1. The lowest BCUT2D eigenvalue weighted by molar-refractivity contribution is -0.127. The third kappa shape index (κ3) is 3.75. The number of benzene rings is 2. The molecule has 0 aliphatic carbocycles. The van der Waals surface area contributed by atoms with Gasteiger partial charge in [-0.05, 0) is 29.1 Å². The molecule has 1 heterocycles. The number of hydrogen-bond acceptors (Lipinski definition) is 4. The maximum atomic E-state index is 13.1. The fourth-order valence-corrected chi connectivity index (χ4v) is 3.20. The summed E-state index contributed by atoms with van der Waals surface area (Å²) in [4.78, 5) is 24.6. The molecule has 2 aromatic carbocycles. The molecule has 0 fully saturated rings. The van der Waals surface area contributed by atoms with Gasteiger partial charge in [0.25, 0.3) is 5.91 Å². The Morgan fingerprint density at radius 3 is 2.32 bits per heavy atom. The van der Waals surface area contributed by atoms with Crippen LogP contribution in [0.4, 0.5) is 4.39 Å². The SMILES string of the molecule is NC(=O)C(OC(=O)c1sccc1-c1ccc(F)cc1)c1ccccc1. The number of primary amides is 1. The van der Waals surface area contributed by atoms with Crippen LogP contribution in [-0.4, -0.2) is 11.9 Å². The second-order valence-electron chi connectivity index (χ2n) is 5.27. The molecular formula is C19H14FNO3S. The number of carbonyl (C=O) groups excluding carboxylic acids is 2. The van der Waals surface area contributed by atoms with Crippen LogP contribution in [0.3, 0.4) is 0 Å². The highest BCUT2D eigenvalue weighted by Gasteiger charge is 2.25. The molecule has 0 spiro atoms. The van der Waals surface area contributed by atoms with E-state index in [9.17, 15) is 14.0 Å². The van der Waals surface area contributed by atoms with E-state index in [1.807, 2.05) is 0 Å². The van der Waals surface area contributed by atoms with Gasteiger partial charge in [0.1, 0.15) is 10.7 Å². The molecule has 1 aromatic heterocycles. The number of thiophene rings is 1. The van der Waals surface area contributed by atoms with Gasteiger partial charge in [0.15, 0.2) is 0 Å². The molecule has 4 nitrogen and oxygen atoms in total. The molecule has 126 valence electrons. The molecule has 6 heteroatoms. The molecule has 2 N–H and O–H groups in total. The molecule has 0 saturated carbocycles. The van der Waals surface area contributed by atoms with Crippen molar-refractivity contribution in [1.29, 1.82) is 0 Å². The monoisotopic (exact) mass is 355 g/mol. The van der Waals surface area contributed by atoms with Crippen molar-refractivity contribution in [3.8, 4) is 11.1 Å². The number of ether oxygens (including phenoxy) is 1. The molecular weight excluding hydrogens is 341 g/mol. The van der Waals surface area contributed by atoms with Gasteiger partial charge in [0, 0.05) is 11.1 Å². The minimum absolute atomic E-state index is 0.328. The van der Waals surface area contributed by atoms with E-state index in [1.165, 1.54) is 23.5 Å². The molecule has 1 amide bonds. The lowest BCUT2D eigenvalue weighted by atomic mass is 10.1. The molecule has 0 aliphatic heterocycles. The summed E-state index contributed by atoms with van der Waals surface area (Å²) < 4.78 is 18.4. The van der Waals surface area contributed by atoms with E-state index in [4.69, 9.17) is 10.5 Å². The Kier molecular flexibility index (Phi) is 4.90. The first kappa shape index (κ1) is 16.9. The number of carbonyl (C=O) groups is 2. The summed E-state index contributed by atoms with van der Waals surface area (Å²) in [7, 11) is 0. The predicted octanol–water partition coefficient (Wildman–Crippen LogP) is 3.94. The van der Waals surface area contributed by atoms with Crippen LogP contribution in [0, 0.1) is 5.82 Å². The molecule has 0 bridgehead atoms. The van der Waals surface area contributed by atoms with Gasteiger partial charge in [-0.15, -0.1) is 11.3 Å². The second-order valence-corrected chi connectivity index (χ2v) is 6.18. The highest BCUT2D eigenvalue weighted by atomic mass is 32.1. The lowest BCUT2D eigenvalue weighted by Crippen LogP contribution is -2.26. The van der Waals surface area contributed by atoms with E-state index in [-0.39, 0.29) is 5.82 Å². The molecule has 0 saturated heterocycles. The molecule has 3 rings (SSSR count). The van der Waals surface area contributed by atoms with Gasteiger partial charge in [-0.2, -0.15) is 0 Å². The Morgan fingerprint density at radius 1 is 1.00 bits per heavy atom. The smallest absolute Gasteiger partial charge is 0.350 e. The van der Waals surface area contributed by atoms with E-state index >= 15 is 0 Å². The van der Waals surface area contributed by atoms with Crippen LogP contribution < -0.4 is 5.73 Å². The molecule has 0 aliphatic rings. The fourth-order valence-electron chi connectivity index (χ4n) is 2.40. The number of hydrogen-bond donors (Lipinski definition) is 1. The highest BCUT2D eigenvalue weighted by molar-refractivity contribution is 7.12. The van der Waals surface area contributed by atoms with E-state index in [1.54, 1.807) is 53.9 Å². The van der Waals surface area contributed by atoms with Gasteiger partial charge in [-0.1, -0.05) is 42.5 Å². The fraction of sp³-hybridized carbons (Fsp3) is 0.0526. The van der Waals surface area contributed by atoms with Gasteiger partial charge in [0.05, 0.1) is 0 Å². The van der Waals surface area contributed by atoms with Crippen LogP contribution in [0.2, 0.25) is 0 Å². The van der Waals surface area contributed by atoms with Crippen molar-refractivity contribution in [3.63, 3.8) is 0 Å². The molecule has 3 aromatic rings. The number of rotatable bonds is 5. The number of halogens is 1.